The summed E-state index contributed by atoms with van der Waals surface area (Å²) in [5.41, 5.74) is 2.49. The molecule has 4 nitrogen and oxygen atoms in total. The fourth-order valence-electron chi connectivity index (χ4n) is 2.73. The van der Waals surface area contributed by atoms with E-state index in [-0.39, 0.29) is 12.5 Å². The molecule has 0 radical (unpaired) electrons. The highest BCUT2D eigenvalue weighted by atomic mass is 32.1. The van der Waals surface area contributed by atoms with Gasteiger partial charge in [0.05, 0.1) is 5.56 Å². The summed E-state index contributed by atoms with van der Waals surface area (Å²) >= 11 is 1.66. The minimum Gasteiger partial charge on any atom is -0.452 e. The largest absolute Gasteiger partial charge is 0.452 e. The number of thiophene rings is 1. The van der Waals surface area contributed by atoms with Gasteiger partial charge in [0.2, 0.25) is 0 Å². The number of amides is 1. The highest BCUT2D eigenvalue weighted by Crippen LogP contribution is 2.15. The molecular weight excluding hydrogens is 358 g/mol. The number of benzene rings is 2. The number of ether oxygens (including phenoxy) is 1. The first-order valence-corrected chi connectivity index (χ1v) is 9.68. The van der Waals surface area contributed by atoms with Crippen LogP contribution in [0.15, 0.2) is 72.1 Å². The van der Waals surface area contributed by atoms with E-state index in [1.165, 1.54) is 4.88 Å². The summed E-state index contributed by atoms with van der Waals surface area (Å²) in [5.74, 6) is -0.768. The fraction of sp³-hybridized carbons (Fsp3) is 0.182. The molecule has 3 aromatic rings. The molecule has 1 aromatic heterocycles. The molecule has 0 atom stereocenters. The third-order valence-electron chi connectivity index (χ3n) is 4.08. The Hall–Kier alpha value is -2.92. The lowest BCUT2D eigenvalue weighted by Gasteiger charge is -2.10. The molecule has 0 saturated carbocycles. The number of nitrogens with one attached hydrogen (secondary N) is 1. The van der Waals surface area contributed by atoms with E-state index in [4.69, 9.17) is 4.74 Å². The van der Waals surface area contributed by atoms with Crippen LogP contribution < -0.4 is 5.32 Å². The van der Waals surface area contributed by atoms with E-state index in [2.05, 4.69) is 5.32 Å². The number of hydrogen-bond donors (Lipinski definition) is 1. The molecule has 1 amide bonds. The Bertz CT molecular complexity index is 876. The zero-order valence-electron chi connectivity index (χ0n) is 14.9. The van der Waals surface area contributed by atoms with Gasteiger partial charge in [-0.05, 0) is 41.5 Å². The van der Waals surface area contributed by atoms with Crippen molar-refractivity contribution in [3.8, 4) is 0 Å². The van der Waals surface area contributed by atoms with Crippen LogP contribution in [-0.4, -0.2) is 25.0 Å². The second kappa shape index (κ2) is 9.69. The lowest BCUT2D eigenvalue weighted by Crippen LogP contribution is -2.30. The zero-order valence-corrected chi connectivity index (χ0v) is 15.7. The van der Waals surface area contributed by atoms with E-state index in [1.54, 1.807) is 23.5 Å². The molecule has 5 heteroatoms. The normalized spacial score (nSPS) is 10.4. The van der Waals surface area contributed by atoms with Crippen molar-refractivity contribution in [1.29, 1.82) is 0 Å². The van der Waals surface area contributed by atoms with Gasteiger partial charge in [-0.2, -0.15) is 0 Å². The minimum atomic E-state index is -0.477. The molecular formula is C22H21NO3S. The summed E-state index contributed by atoms with van der Waals surface area (Å²) in [6.07, 6.45) is 1.41. The lowest BCUT2D eigenvalue weighted by molar-refractivity contribution is -0.124. The molecule has 0 bridgehead atoms. The van der Waals surface area contributed by atoms with Gasteiger partial charge in [0.25, 0.3) is 5.91 Å². The molecule has 27 heavy (non-hydrogen) atoms. The highest BCUT2D eigenvalue weighted by molar-refractivity contribution is 7.09. The molecule has 138 valence electrons. The monoisotopic (exact) mass is 379 g/mol. The van der Waals surface area contributed by atoms with E-state index >= 15 is 0 Å². The van der Waals surface area contributed by atoms with Gasteiger partial charge in [0.1, 0.15) is 0 Å². The van der Waals surface area contributed by atoms with Gasteiger partial charge in [0, 0.05) is 11.4 Å². The van der Waals surface area contributed by atoms with Crippen molar-refractivity contribution < 1.29 is 14.3 Å². The predicted octanol–water partition coefficient (Wildman–Crippen LogP) is 3.85. The van der Waals surface area contributed by atoms with Crippen molar-refractivity contribution >= 4 is 23.2 Å². The number of carbonyl (C=O) groups excluding carboxylic acids is 2. The van der Waals surface area contributed by atoms with E-state index < -0.39 is 5.97 Å². The highest BCUT2D eigenvalue weighted by Gasteiger charge is 2.14. The smallest absolute Gasteiger partial charge is 0.338 e. The summed E-state index contributed by atoms with van der Waals surface area (Å²) in [4.78, 5) is 25.5. The van der Waals surface area contributed by atoms with E-state index in [0.29, 0.717) is 18.5 Å². The Kier molecular flexibility index (Phi) is 6.77. The van der Waals surface area contributed by atoms with Crippen LogP contribution in [-0.2, 0) is 22.4 Å². The second-order valence-corrected chi connectivity index (χ2v) is 7.11. The first-order valence-electron chi connectivity index (χ1n) is 8.80. The van der Waals surface area contributed by atoms with E-state index in [0.717, 1.165) is 17.5 Å². The van der Waals surface area contributed by atoms with Gasteiger partial charge in [-0.15, -0.1) is 11.3 Å². The SMILES string of the molecule is O=C(COC(=O)c1ccccc1Cc1ccccc1)NCCc1cccs1. The summed E-state index contributed by atoms with van der Waals surface area (Å²) < 4.78 is 5.21. The minimum absolute atomic E-state index is 0.275. The van der Waals surface area contributed by atoms with Crippen LogP contribution in [0.5, 0.6) is 0 Å². The number of esters is 1. The summed E-state index contributed by atoms with van der Waals surface area (Å²) in [6.45, 7) is 0.254. The quantitative estimate of drug-likeness (QED) is 0.605. The van der Waals surface area contributed by atoms with Crippen molar-refractivity contribution in [2.75, 3.05) is 13.2 Å². The Labute approximate surface area is 162 Å². The number of hydrogen-bond acceptors (Lipinski definition) is 4. The Balaban J connectivity index is 1.51. The van der Waals surface area contributed by atoms with Gasteiger partial charge in [0.15, 0.2) is 6.61 Å². The average molecular weight is 379 g/mol. The van der Waals surface area contributed by atoms with Gasteiger partial charge in [-0.1, -0.05) is 54.6 Å². The van der Waals surface area contributed by atoms with Crippen LogP contribution in [0.25, 0.3) is 0 Å². The van der Waals surface area contributed by atoms with Gasteiger partial charge in [-0.3, -0.25) is 4.79 Å². The standard InChI is InChI=1S/C22H21NO3S/c24-21(23-13-12-19-10-6-14-27-19)16-26-22(25)20-11-5-4-9-18(20)15-17-7-2-1-3-8-17/h1-11,14H,12-13,15-16H2,(H,23,24). The van der Waals surface area contributed by atoms with Crippen molar-refractivity contribution in [2.24, 2.45) is 0 Å². The van der Waals surface area contributed by atoms with E-state index in [1.807, 2.05) is 60.0 Å². The molecule has 0 aliphatic carbocycles. The zero-order chi connectivity index (χ0) is 18.9. The first-order chi connectivity index (χ1) is 13.2. The topological polar surface area (TPSA) is 55.4 Å². The third-order valence-corrected chi connectivity index (χ3v) is 5.02. The fourth-order valence-corrected chi connectivity index (χ4v) is 3.44. The summed E-state index contributed by atoms with van der Waals surface area (Å²) in [5, 5.41) is 4.78. The summed E-state index contributed by atoms with van der Waals surface area (Å²) in [6, 6.07) is 21.3. The maximum atomic E-state index is 12.4. The average Bonchev–Trinajstić information content (AvgIpc) is 3.21. The van der Waals surface area contributed by atoms with Crippen molar-refractivity contribution in [3.63, 3.8) is 0 Å². The number of carbonyl (C=O) groups is 2. The Morgan fingerprint density at radius 3 is 2.48 bits per heavy atom. The molecule has 0 fully saturated rings. The summed E-state index contributed by atoms with van der Waals surface area (Å²) in [7, 11) is 0. The molecule has 0 unspecified atom stereocenters. The van der Waals surface area contributed by atoms with Gasteiger partial charge >= 0.3 is 5.97 Å². The molecule has 0 saturated heterocycles. The van der Waals surface area contributed by atoms with Crippen molar-refractivity contribution in [2.45, 2.75) is 12.8 Å². The lowest BCUT2D eigenvalue weighted by atomic mass is 10.00. The van der Waals surface area contributed by atoms with Gasteiger partial charge in [-0.25, -0.2) is 4.79 Å². The van der Waals surface area contributed by atoms with E-state index in [9.17, 15) is 9.59 Å². The second-order valence-electron chi connectivity index (χ2n) is 6.07. The predicted molar refractivity (Wildman–Crippen MR) is 107 cm³/mol. The molecule has 2 aromatic carbocycles. The molecule has 1 heterocycles. The van der Waals surface area contributed by atoms with Gasteiger partial charge < -0.3 is 10.1 Å². The van der Waals surface area contributed by atoms with Crippen LogP contribution in [0, 0.1) is 0 Å². The van der Waals surface area contributed by atoms with Crippen LogP contribution >= 0.6 is 11.3 Å². The maximum Gasteiger partial charge on any atom is 0.338 e. The first kappa shape index (κ1) is 18.9. The van der Waals surface area contributed by atoms with Crippen LogP contribution in [0.3, 0.4) is 0 Å². The van der Waals surface area contributed by atoms with Crippen LogP contribution in [0.1, 0.15) is 26.4 Å². The maximum absolute atomic E-state index is 12.4. The van der Waals surface area contributed by atoms with Crippen molar-refractivity contribution in [3.05, 3.63) is 93.7 Å². The van der Waals surface area contributed by atoms with Crippen molar-refractivity contribution in [1.82, 2.24) is 5.32 Å². The molecule has 0 spiro atoms. The Morgan fingerprint density at radius 1 is 0.926 bits per heavy atom. The molecule has 0 aliphatic rings. The molecule has 3 rings (SSSR count). The van der Waals surface area contributed by atoms with Crippen LogP contribution in [0.2, 0.25) is 0 Å². The molecule has 0 aliphatic heterocycles. The third kappa shape index (κ3) is 5.79. The van der Waals surface area contributed by atoms with Crippen LogP contribution in [0.4, 0.5) is 0 Å². The Morgan fingerprint density at radius 2 is 1.70 bits per heavy atom. The molecule has 1 N–H and O–H groups in total. The number of rotatable bonds is 8.